The van der Waals surface area contributed by atoms with Crippen molar-refractivity contribution < 1.29 is 14.3 Å². The van der Waals surface area contributed by atoms with Gasteiger partial charge in [0.05, 0.1) is 0 Å². The molecule has 21 heavy (non-hydrogen) atoms. The molecule has 1 aliphatic carbocycles. The van der Waals surface area contributed by atoms with Crippen LogP contribution in [-0.2, 0) is 9.53 Å². The van der Waals surface area contributed by atoms with Gasteiger partial charge in [0.25, 0.3) is 0 Å². The molecule has 1 N–H and O–H groups in total. The number of allylic oxidation sites excluding steroid dienone is 2. The number of piperidine rings is 1. The van der Waals surface area contributed by atoms with E-state index in [1.807, 2.05) is 27.7 Å². The molecular weight excluding hydrogens is 268 g/mol. The first kappa shape index (κ1) is 15.9. The van der Waals surface area contributed by atoms with Crippen molar-refractivity contribution in [3.63, 3.8) is 0 Å². The molecule has 1 amide bonds. The molecule has 0 spiro atoms. The van der Waals surface area contributed by atoms with Crippen LogP contribution in [0.3, 0.4) is 0 Å². The summed E-state index contributed by atoms with van der Waals surface area (Å²) in [5, 5.41) is 3.49. The van der Waals surface area contributed by atoms with Gasteiger partial charge in [0.2, 0.25) is 0 Å². The Labute approximate surface area is 126 Å². The van der Waals surface area contributed by atoms with Gasteiger partial charge in [0.1, 0.15) is 5.60 Å². The third-order valence-corrected chi connectivity index (χ3v) is 4.00. The fraction of sp³-hybridized carbons (Fsp3) is 0.750. The second kappa shape index (κ2) is 6.08. The van der Waals surface area contributed by atoms with E-state index in [4.69, 9.17) is 4.74 Å². The zero-order valence-electron chi connectivity index (χ0n) is 13.5. The topological polar surface area (TPSA) is 58.6 Å². The summed E-state index contributed by atoms with van der Waals surface area (Å²) in [5.41, 5.74) is 1.53. The SMILES string of the molecule is CC1=C(NC2CCN(C(=O)OC(C)(C)C)CC2)CCC1=O. The van der Waals surface area contributed by atoms with Crippen molar-refractivity contribution in [1.82, 2.24) is 10.2 Å². The molecule has 5 heteroatoms. The van der Waals surface area contributed by atoms with E-state index in [1.54, 1.807) is 4.90 Å². The van der Waals surface area contributed by atoms with E-state index < -0.39 is 5.60 Å². The van der Waals surface area contributed by atoms with Gasteiger partial charge in [-0.25, -0.2) is 4.79 Å². The van der Waals surface area contributed by atoms with Gasteiger partial charge in [-0.2, -0.15) is 0 Å². The van der Waals surface area contributed by atoms with Gasteiger partial charge in [-0.3, -0.25) is 4.79 Å². The van der Waals surface area contributed by atoms with Crippen molar-refractivity contribution in [2.45, 2.75) is 65.0 Å². The maximum Gasteiger partial charge on any atom is 0.410 e. The summed E-state index contributed by atoms with van der Waals surface area (Å²) in [6, 6.07) is 0.347. The molecule has 1 heterocycles. The molecule has 118 valence electrons. The van der Waals surface area contributed by atoms with Crippen LogP contribution in [0.5, 0.6) is 0 Å². The number of nitrogens with zero attached hydrogens (tertiary/aromatic N) is 1. The van der Waals surface area contributed by atoms with Gasteiger partial charge in [0, 0.05) is 36.8 Å². The fourth-order valence-electron chi connectivity index (χ4n) is 2.74. The monoisotopic (exact) mass is 294 g/mol. The van der Waals surface area contributed by atoms with Gasteiger partial charge in [-0.05, 0) is 47.0 Å². The zero-order valence-corrected chi connectivity index (χ0v) is 13.5. The molecule has 1 aliphatic heterocycles. The van der Waals surface area contributed by atoms with Crippen molar-refractivity contribution in [3.05, 3.63) is 11.3 Å². The highest BCUT2D eigenvalue weighted by molar-refractivity contribution is 5.97. The molecule has 2 rings (SSSR count). The van der Waals surface area contributed by atoms with E-state index in [2.05, 4.69) is 5.32 Å². The van der Waals surface area contributed by atoms with Crippen LogP contribution >= 0.6 is 0 Å². The highest BCUT2D eigenvalue weighted by atomic mass is 16.6. The first-order chi connectivity index (χ1) is 9.76. The van der Waals surface area contributed by atoms with Crippen LogP contribution in [0.1, 0.15) is 53.4 Å². The zero-order chi connectivity index (χ0) is 15.6. The van der Waals surface area contributed by atoms with Gasteiger partial charge in [-0.1, -0.05) is 0 Å². The minimum Gasteiger partial charge on any atom is -0.444 e. The molecule has 0 radical (unpaired) electrons. The lowest BCUT2D eigenvalue weighted by molar-refractivity contribution is -0.114. The summed E-state index contributed by atoms with van der Waals surface area (Å²) in [7, 11) is 0. The maximum absolute atomic E-state index is 12.0. The Morgan fingerprint density at radius 2 is 1.86 bits per heavy atom. The summed E-state index contributed by atoms with van der Waals surface area (Å²) in [5.74, 6) is 0.253. The molecule has 5 nitrogen and oxygen atoms in total. The molecular formula is C16H26N2O3. The Kier molecular flexibility index (Phi) is 4.59. The van der Waals surface area contributed by atoms with E-state index in [9.17, 15) is 9.59 Å². The van der Waals surface area contributed by atoms with E-state index in [-0.39, 0.29) is 11.9 Å². The highest BCUT2D eigenvalue weighted by Gasteiger charge is 2.28. The number of ketones is 1. The molecule has 1 fully saturated rings. The van der Waals surface area contributed by atoms with Crippen molar-refractivity contribution in [2.24, 2.45) is 0 Å². The van der Waals surface area contributed by atoms with Crippen LogP contribution in [0, 0.1) is 0 Å². The molecule has 0 bridgehead atoms. The van der Waals surface area contributed by atoms with Crippen LogP contribution in [0.25, 0.3) is 0 Å². The van der Waals surface area contributed by atoms with Gasteiger partial charge >= 0.3 is 6.09 Å². The first-order valence-electron chi connectivity index (χ1n) is 7.73. The van der Waals surface area contributed by atoms with Gasteiger partial charge < -0.3 is 15.0 Å². The van der Waals surface area contributed by atoms with Crippen molar-refractivity contribution in [3.8, 4) is 0 Å². The normalized spacial score (nSPS) is 21.0. The molecule has 0 aromatic rings. The third kappa shape index (κ3) is 4.22. The Morgan fingerprint density at radius 1 is 1.24 bits per heavy atom. The molecule has 0 atom stereocenters. The lowest BCUT2D eigenvalue weighted by Gasteiger charge is -2.34. The number of carbonyl (C=O) groups is 2. The quantitative estimate of drug-likeness (QED) is 0.850. The second-order valence-corrected chi connectivity index (χ2v) is 6.91. The number of carbonyl (C=O) groups excluding carboxylic acids is 2. The Hall–Kier alpha value is -1.52. The average molecular weight is 294 g/mol. The standard InChI is InChI=1S/C16H26N2O3/c1-11-13(5-6-14(11)19)17-12-7-9-18(10-8-12)15(20)21-16(2,3)4/h12,17H,5-10H2,1-4H3. The van der Waals surface area contributed by atoms with Crippen molar-refractivity contribution in [1.29, 1.82) is 0 Å². The number of rotatable bonds is 2. The minimum atomic E-state index is -0.446. The van der Waals surface area contributed by atoms with E-state index in [1.165, 1.54) is 0 Å². The van der Waals surface area contributed by atoms with Crippen LogP contribution < -0.4 is 5.32 Å². The van der Waals surface area contributed by atoms with Gasteiger partial charge in [-0.15, -0.1) is 0 Å². The van der Waals surface area contributed by atoms with Crippen LogP contribution in [-0.4, -0.2) is 41.5 Å². The van der Waals surface area contributed by atoms with Crippen molar-refractivity contribution in [2.75, 3.05) is 13.1 Å². The third-order valence-electron chi connectivity index (χ3n) is 4.00. The average Bonchev–Trinajstić information content (AvgIpc) is 2.69. The summed E-state index contributed by atoms with van der Waals surface area (Å²) >= 11 is 0. The number of ether oxygens (including phenoxy) is 1. The summed E-state index contributed by atoms with van der Waals surface area (Å²) in [6.07, 6.45) is 3.02. The lowest BCUT2D eigenvalue weighted by atomic mass is 10.0. The van der Waals surface area contributed by atoms with Crippen LogP contribution in [0.2, 0.25) is 0 Å². The largest absolute Gasteiger partial charge is 0.444 e. The number of Topliss-reactive ketones (excluding diaryl/α,β-unsaturated/α-hetero) is 1. The number of hydrogen-bond acceptors (Lipinski definition) is 4. The van der Waals surface area contributed by atoms with Gasteiger partial charge in [0.15, 0.2) is 5.78 Å². The van der Waals surface area contributed by atoms with E-state index in [0.717, 1.165) is 30.5 Å². The number of likely N-dealkylation sites (tertiary alicyclic amines) is 1. The predicted molar refractivity (Wildman–Crippen MR) is 80.9 cm³/mol. The Morgan fingerprint density at radius 3 is 2.33 bits per heavy atom. The minimum absolute atomic E-state index is 0.229. The summed E-state index contributed by atoms with van der Waals surface area (Å²) < 4.78 is 5.39. The molecule has 0 aromatic heterocycles. The van der Waals surface area contributed by atoms with E-state index >= 15 is 0 Å². The summed E-state index contributed by atoms with van der Waals surface area (Å²) in [6.45, 7) is 8.94. The number of amides is 1. The lowest BCUT2D eigenvalue weighted by Crippen LogP contribution is -2.46. The van der Waals surface area contributed by atoms with E-state index in [0.29, 0.717) is 25.6 Å². The summed E-state index contributed by atoms with van der Waals surface area (Å²) in [4.78, 5) is 25.3. The number of hydrogen-bond donors (Lipinski definition) is 1. The Balaban J connectivity index is 1.81. The predicted octanol–water partition coefficient (Wildman–Crippen LogP) is 2.61. The fourth-order valence-corrected chi connectivity index (χ4v) is 2.74. The molecule has 0 aromatic carbocycles. The maximum atomic E-state index is 12.0. The molecule has 2 aliphatic rings. The smallest absolute Gasteiger partial charge is 0.410 e. The Bertz CT molecular complexity index is 455. The molecule has 0 saturated carbocycles. The number of nitrogens with one attached hydrogen (secondary N) is 1. The first-order valence-corrected chi connectivity index (χ1v) is 7.73. The second-order valence-electron chi connectivity index (χ2n) is 6.91. The van der Waals surface area contributed by atoms with Crippen molar-refractivity contribution >= 4 is 11.9 Å². The molecule has 0 unspecified atom stereocenters. The van der Waals surface area contributed by atoms with Crippen LogP contribution in [0.15, 0.2) is 11.3 Å². The molecule has 1 saturated heterocycles. The van der Waals surface area contributed by atoms with Crippen LogP contribution in [0.4, 0.5) is 4.79 Å². The highest BCUT2D eigenvalue weighted by Crippen LogP contribution is 2.23.